The molecule has 0 heterocycles. The molecule has 4 nitrogen and oxygen atoms in total. The van der Waals surface area contributed by atoms with Crippen LogP contribution in [0.5, 0.6) is 0 Å². The van der Waals surface area contributed by atoms with Crippen molar-refractivity contribution in [2.75, 3.05) is 0 Å². The van der Waals surface area contributed by atoms with Crippen molar-refractivity contribution < 1.29 is 27.9 Å². The van der Waals surface area contributed by atoms with Crippen molar-refractivity contribution in [2.24, 2.45) is 5.73 Å². The van der Waals surface area contributed by atoms with Gasteiger partial charge in [0.2, 0.25) is 10.0 Å². The van der Waals surface area contributed by atoms with E-state index in [0.717, 1.165) is 11.1 Å². The van der Waals surface area contributed by atoms with E-state index < -0.39 is 21.1 Å². The Morgan fingerprint density at radius 1 is 0.703 bits per heavy atom. The van der Waals surface area contributed by atoms with E-state index in [2.05, 4.69) is 43.7 Å². The molecule has 196 valence electrons. The first-order valence-corrected chi connectivity index (χ1v) is 13.6. The number of halogens is 1. The summed E-state index contributed by atoms with van der Waals surface area (Å²) >= 11 is 6.71. The summed E-state index contributed by atoms with van der Waals surface area (Å²) in [5.41, 5.74) is 11.4. The van der Waals surface area contributed by atoms with Gasteiger partial charge in [0.05, 0.1) is 10.3 Å². The maximum absolute atomic E-state index is 13.0. The molecule has 4 rings (SSSR count). The third-order valence-electron chi connectivity index (χ3n) is 5.74. The predicted molar refractivity (Wildman–Crippen MR) is 149 cm³/mol. The molecular formula is C30H33ClN2O2RuS. The third kappa shape index (κ3) is 8.33. The van der Waals surface area contributed by atoms with Crippen molar-refractivity contribution in [1.29, 1.82) is 0 Å². The number of alkyl halides is 1. The van der Waals surface area contributed by atoms with Crippen LogP contribution in [0, 0.1) is 27.7 Å². The number of benzene rings is 4. The third-order valence-corrected chi connectivity index (χ3v) is 7.84. The zero-order valence-electron chi connectivity index (χ0n) is 21.4. The fraction of sp³-hybridized carbons (Fsp3) is 0.200. The van der Waals surface area contributed by atoms with Crippen molar-refractivity contribution in [1.82, 2.24) is 4.72 Å². The molecule has 0 fully saturated rings. The van der Waals surface area contributed by atoms with Crippen LogP contribution in [-0.2, 0) is 35.2 Å². The van der Waals surface area contributed by atoms with Crippen LogP contribution in [0.2, 0.25) is 0 Å². The monoisotopic (exact) mass is 622 g/mol. The normalized spacial score (nSPS) is 13.4. The van der Waals surface area contributed by atoms with Gasteiger partial charge in [-0.2, -0.15) is 4.72 Å². The van der Waals surface area contributed by atoms with Gasteiger partial charge in [0, 0.05) is 19.5 Å². The summed E-state index contributed by atoms with van der Waals surface area (Å²) in [6, 6.07) is 31.3. The second-order valence-corrected chi connectivity index (χ2v) is 11.2. The smallest absolute Gasteiger partial charge is 0.242 e. The average molecular weight is 622 g/mol. The van der Waals surface area contributed by atoms with E-state index in [0.29, 0.717) is 5.56 Å². The molecule has 3 N–H and O–H groups in total. The Balaban J connectivity index is 0.000000408. The second-order valence-electron chi connectivity index (χ2n) is 9.09. The standard InChI is InChI=1S/C21H21ClN2O2S.C9H12.Ru/c1-16-12-14-19(15-13-16)27(25,26)24-21(23,18-10-6-3-7-11-18)20(22)17-8-4-2-5-9-17;1-7-4-8(2)6-9(3)5-7;/h2-15,20,24H,23H2,1H3;4-6H,1-3H3;/t20-,21-;;/m0../s1. The molecular weight excluding hydrogens is 589 g/mol. The zero-order valence-corrected chi connectivity index (χ0v) is 24.7. The summed E-state index contributed by atoms with van der Waals surface area (Å²) in [5.74, 6) is 0. The van der Waals surface area contributed by atoms with Crippen LogP contribution in [0.4, 0.5) is 0 Å². The Morgan fingerprint density at radius 3 is 1.59 bits per heavy atom. The number of aryl methyl sites for hydroxylation is 4. The number of rotatable bonds is 6. The quantitative estimate of drug-likeness (QED) is 0.143. The van der Waals surface area contributed by atoms with E-state index in [4.69, 9.17) is 17.3 Å². The van der Waals surface area contributed by atoms with E-state index in [1.807, 2.05) is 43.3 Å². The largest absolute Gasteiger partial charge is 0.307 e. The summed E-state index contributed by atoms with van der Waals surface area (Å²) in [7, 11) is -3.90. The first kappa shape index (κ1) is 30.9. The van der Waals surface area contributed by atoms with Gasteiger partial charge >= 0.3 is 0 Å². The minimum Gasteiger partial charge on any atom is -0.307 e. The number of nitrogens with one attached hydrogen (secondary N) is 1. The first-order valence-electron chi connectivity index (χ1n) is 11.7. The fourth-order valence-corrected chi connectivity index (χ4v) is 5.74. The molecule has 7 heteroatoms. The molecule has 4 aromatic rings. The minimum atomic E-state index is -3.90. The Labute approximate surface area is 239 Å². The van der Waals surface area contributed by atoms with Gasteiger partial charge in [-0.05, 0) is 51.0 Å². The van der Waals surface area contributed by atoms with Crippen LogP contribution in [0.25, 0.3) is 0 Å². The number of hydrogen-bond donors (Lipinski definition) is 2. The summed E-state index contributed by atoms with van der Waals surface area (Å²) in [6.45, 7) is 8.27. The van der Waals surface area contributed by atoms with E-state index in [1.54, 1.807) is 48.5 Å². The van der Waals surface area contributed by atoms with E-state index >= 15 is 0 Å². The van der Waals surface area contributed by atoms with Crippen LogP contribution in [0.15, 0.2) is 108 Å². The molecule has 4 aromatic carbocycles. The molecule has 0 saturated heterocycles. The van der Waals surface area contributed by atoms with Gasteiger partial charge in [0.1, 0.15) is 5.66 Å². The molecule has 0 aliphatic heterocycles. The Hall–Kier alpha value is -2.34. The van der Waals surface area contributed by atoms with Gasteiger partial charge in [-0.15, -0.1) is 11.6 Å². The van der Waals surface area contributed by atoms with Gasteiger partial charge < -0.3 is 5.73 Å². The van der Waals surface area contributed by atoms with E-state index in [-0.39, 0.29) is 24.4 Å². The Bertz CT molecular complexity index is 1330. The van der Waals surface area contributed by atoms with Crippen LogP contribution in [-0.4, -0.2) is 8.42 Å². The van der Waals surface area contributed by atoms with Crippen molar-refractivity contribution in [3.63, 3.8) is 0 Å². The second kappa shape index (κ2) is 13.5. The first-order chi connectivity index (χ1) is 17.0. The summed E-state index contributed by atoms with van der Waals surface area (Å²) in [6.07, 6.45) is 0. The fourth-order valence-electron chi connectivity index (χ4n) is 4.06. The zero-order chi connectivity index (χ0) is 26.3. The van der Waals surface area contributed by atoms with Crippen LogP contribution in [0.1, 0.15) is 38.8 Å². The van der Waals surface area contributed by atoms with Gasteiger partial charge in [0.15, 0.2) is 0 Å². The van der Waals surface area contributed by atoms with Gasteiger partial charge in [0.25, 0.3) is 0 Å². The average Bonchev–Trinajstić information content (AvgIpc) is 2.84. The molecule has 0 aliphatic rings. The summed E-state index contributed by atoms with van der Waals surface area (Å²) in [5, 5.41) is -0.818. The molecule has 0 aliphatic carbocycles. The van der Waals surface area contributed by atoms with Gasteiger partial charge in [-0.25, -0.2) is 8.42 Å². The molecule has 0 saturated carbocycles. The van der Waals surface area contributed by atoms with Crippen LogP contribution in [0.3, 0.4) is 0 Å². The molecule has 0 bridgehead atoms. The maximum atomic E-state index is 13.0. The minimum absolute atomic E-state index is 0. The van der Waals surface area contributed by atoms with Crippen molar-refractivity contribution in [3.05, 3.63) is 137 Å². The Kier molecular flexibility index (Phi) is 11.2. The maximum Gasteiger partial charge on any atom is 0.242 e. The summed E-state index contributed by atoms with van der Waals surface area (Å²) < 4.78 is 28.7. The Morgan fingerprint density at radius 2 is 1.14 bits per heavy atom. The molecule has 37 heavy (non-hydrogen) atoms. The predicted octanol–water partition coefficient (Wildman–Crippen LogP) is 6.67. The summed E-state index contributed by atoms with van der Waals surface area (Å²) in [4.78, 5) is 0.135. The van der Waals surface area contributed by atoms with E-state index in [1.165, 1.54) is 16.7 Å². The number of nitrogens with two attached hydrogens (primary N) is 1. The van der Waals surface area contributed by atoms with Gasteiger partial charge in [-0.3, -0.25) is 0 Å². The van der Waals surface area contributed by atoms with Gasteiger partial charge in [-0.1, -0.05) is 113 Å². The SMILES string of the molecule is Cc1cc(C)cc(C)c1.Cc1ccc(S(=O)(=O)N[C@@](N)(c2ccccc2)[C@@H](Cl)c2ccccc2)cc1.[Ru]. The molecule has 0 unspecified atom stereocenters. The molecule has 0 aromatic heterocycles. The van der Waals surface area contributed by atoms with Crippen molar-refractivity contribution >= 4 is 21.6 Å². The molecule has 0 amide bonds. The number of hydrogen-bond acceptors (Lipinski definition) is 3. The molecule has 2 atom stereocenters. The molecule has 0 spiro atoms. The van der Waals surface area contributed by atoms with Crippen molar-refractivity contribution in [3.8, 4) is 0 Å². The van der Waals surface area contributed by atoms with Crippen LogP contribution >= 0.6 is 11.6 Å². The molecule has 0 radical (unpaired) electrons. The van der Waals surface area contributed by atoms with Crippen molar-refractivity contribution in [2.45, 2.75) is 43.6 Å². The van der Waals surface area contributed by atoms with Crippen LogP contribution < -0.4 is 10.5 Å². The van der Waals surface area contributed by atoms with E-state index in [9.17, 15) is 8.42 Å². The number of sulfonamides is 1. The topological polar surface area (TPSA) is 72.2 Å².